The Morgan fingerprint density at radius 2 is 1.76 bits per heavy atom. The number of aromatic nitrogens is 3. The average Bonchev–Trinajstić information content (AvgIpc) is 3.16. The van der Waals surface area contributed by atoms with E-state index in [1.54, 1.807) is 7.11 Å². The van der Waals surface area contributed by atoms with E-state index < -0.39 is 0 Å². The number of amides is 1. The van der Waals surface area contributed by atoms with Crippen molar-refractivity contribution < 1.29 is 9.53 Å². The fraction of sp³-hybridized carbons (Fsp3) is 0.318. The van der Waals surface area contributed by atoms with E-state index in [-0.39, 0.29) is 17.7 Å². The van der Waals surface area contributed by atoms with Gasteiger partial charge in [-0.15, -0.1) is 10.2 Å². The van der Waals surface area contributed by atoms with Crippen LogP contribution in [0.2, 0.25) is 0 Å². The number of rotatable bonds is 8. The molecule has 3 aromatic rings. The highest BCUT2D eigenvalue weighted by Gasteiger charge is 2.18. The Hall–Kier alpha value is -2.80. The van der Waals surface area contributed by atoms with Crippen molar-refractivity contribution >= 4 is 17.7 Å². The monoisotopic (exact) mass is 410 g/mol. The molecular weight excluding hydrogens is 384 g/mol. The maximum atomic E-state index is 12.3. The number of hydrogen-bond donors (Lipinski definition) is 1. The van der Waals surface area contributed by atoms with E-state index in [0.29, 0.717) is 11.1 Å². The molecule has 0 saturated carbocycles. The third-order valence-electron chi connectivity index (χ3n) is 4.72. The van der Waals surface area contributed by atoms with E-state index in [0.717, 1.165) is 22.8 Å². The lowest BCUT2D eigenvalue weighted by Gasteiger charge is -2.17. The van der Waals surface area contributed by atoms with Gasteiger partial charge in [0.05, 0.1) is 12.9 Å². The number of carbonyl (C=O) groups excluding carboxylic acids is 1. The van der Waals surface area contributed by atoms with Crippen molar-refractivity contribution in [2.24, 2.45) is 5.92 Å². The van der Waals surface area contributed by atoms with Crippen molar-refractivity contribution in [2.75, 3.05) is 12.9 Å². The minimum atomic E-state index is -0.0123. The fourth-order valence-corrected chi connectivity index (χ4v) is 3.46. The van der Waals surface area contributed by atoms with Crippen LogP contribution in [0.3, 0.4) is 0 Å². The fourth-order valence-electron chi connectivity index (χ4n) is 2.69. The maximum absolute atomic E-state index is 12.3. The standard InChI is InChI=1S/C22H26N4O2S/c1-15(2)16(3)23-20(27)14-29-22-25-24-21(17-8-6-5-7-9-17)26(22)18-10-12-19(28-4)13-11-18/h5-13,15-16H,14H2,1-4H3,(H,23,27)/t16-/m1/s1. The summed E-state index contributed by atoms with van der Waals surface area (Å²) in [4.78, 5) is 12.3. The quantitative estimate of drug-likeness (QED) is 0.564. The number of hydrogen-bond acceptors (Lipinski definition) is 5. The van der Waals surface area contributed by atoms with Crippen LogP contribution < -0.4 is 10.1 Å². The van der Waals surface area contributed by atoms with E-state index >= 15 is 0 Å². The molecule has 2 aromatic carbocycles. The first-order chi connectivity index (χ1) is 14.0. The summed E-state index contributed by atoms with van der Waals surface area (Å²) in [6.45, 7) is 6.19. The second kappa shape index (κ2) is 9.60. The molecule has 1 aromatic heterocycles. The largest absolute Gasteiger partial charge is 0.497 e. The summed E-state index contributed by atoms with van der Waals surface area (Å²) in [5, 5.41) is 12.5. The molecule has 29 heavy (non-hydrogen) atoms. The van der Waals surface area contributed by atoms with Gasteiger partial charge in [0.15, 0.2) is 11.0 Å². The molecule has 0 aliphatic rings. The van der Waals surface area contributed by atoms with Crippen molar-refractivity contribution in [3.05, 3.63) is 54.6 Å². The third-order valence-corrected chi connectivity index (χ3v) is 5.65. The lowest BCUT2D eigenvalue weighted by Crippen LogP contribution is -2.37. The SMILES string of the molecule is COc1ccc(-n2c(SCC(=O)N[C@H](C)C(C)C)nnc2-c2ccccc2)cc1. The van der Waals surface area contributed by atoms with Crippen LogP contribution in [0.15, 0.2) is 59.8 Å². The Bertz CT molecular complexity index is 939. The number of benzene rings is 2. The molecule has 0 unspecified atom stereocenters. The molecule has 1 N–H and O–H groups in total. The van der Waals surface area contributed by atoms with Crippen LogP contribution in [0.5, 0.6) is 5.75 Å². The highest BCUT2D eigenvalue weighted by atomic mass is 32.2. The van der Waals surface area contributed by atoms with Crippen molar-refractivity contribution in [2.45, 2.75) is 32.0 Å². The van der Waals surface area contributed by atoms with Gasteiger partial charge < -0.3 is 10.1 Å². The number of nitrogens with one attached hydrogen (secondary N) is 1. The number of methoxy groups -OCH3 is 1. The van der Waals surface area contributed by atoms with E-state index in [2.05, 4.69) is 29.4 Å². The molecule has 0 bridgehead atoms. The summed E-state index contributed by atoms with van der Waals surface area (Å²) in [7, 11) is 1.64. The summed E-state index contributed by atoms with van der Waals surface area (Å²) in [5.74, 6) is 2.16. The van der Waals surface area contributed by atoms with E-state index in [4.69, 9.17) is 4.74 Å². The van der Waals surface area contributed by atoms with Crippen LogP contribution in [0, 0.1) is 5.92 Å². The van der Waals surface area contributed by atoms with Crippen molar-refractivity contribution in [3.8, 4) is 22.8 Å². The van der Waals surface area contributed by atoms with E-state index in [9.17, 15) is 4.79 Å². The third kappa shape index (κ3) is 5.17. The topological polar surface area (TPSA) is 69.0 Å². The summed E-state index contributed by atoms with van der Waals surface area (Å²) in [6.07, 6.45) is 0. The summed E-state index contributed by atoms with van der Waals surface area (Å²) in [6, 6.07) is 17.7. The zero-order chi connectivity index (χ0) is 20.8. The molecule has 0 aliphatic heterocycles. The van der Waals surface area contributed by atoms with Crippen LogP contribution in [0.4, 0.5) is 0 Å². The molecule has 0 saturated heterocycles. The van der Waals surface area contributed by atoms with Gasteiger partial charge in [-0.3, -0.25) is 9.36 Å². The van der Waals surface area contributed by atoms with Crippen LogP contribution in [0.25, 0.3) is 17.1 Å². The number of carbonyl (C=O) groups is 1. The molecule has 0 radical (unpaired) electrons. The van der Waals surface area contributed by atoms with Gasteiger partial charge in [0.1, 0.15) is 5.75 Å². The molecule has 7 heteroatoms. The first kappa shape index (κ1) is 20.9. The van der Waals surface area contributed by atoms with Gasteiger partial charge in [0.25, 0.3) is 0 Å². The van der Waals surface area contributed by atoms with Crippen molar-refractivity contribution in [1.29, 1.82) is 0 Å². The second-order valence-electron chi connectivity index (χ2n) is 7.09. The highest BCUT2D eigenvalue weighted by Crippen LogP contribution is 2.28. The van der Waals surface area contributed by atoms with Gasteiger partial charge in [-0.25, -0.2) is 0 Å². The predicted octanol–water partition coefficient (Wildman–Crippen LogP) is 4.20. The van der Waals surface area contributed by atoms with E-state index in [1.807, 2.05) is 66.1 Å². The summed E-state index contributed by atoms with van der Waals surface area (Å²) < 4.78 is 7.24. The smallest absolute Gasteiger partial charge is 0.230 e. The lowest BCUT2D eigenvalue weighted by atomic mass is 10.1. The highest BCUT2D eigenvalue weighted by molar-refractivity contribution is 7.99. The molecule has 0 aliphatic carbocycles. The average molecular weight is 411 g/mol. The molecule has 6 nitrogen and oxygen atoms in total. The van der Waals surface area contributed by atoms with Crippen molar-refractivity contribution in [3.63, 3.8) is 0 Å². The maximum Gasteiger partial charge on any atom is 0.230 e. The van der Waals surface area contributed by atoms with Crippen LogP contribution in [-0.2, 0) is 4.79 Å². The Balaban J connectivity index is 1.89. The molecule has 1 atom stereocenters. The Kier molecular flexibility index (Phi) is 6.93. The second-order valence-corrected chi connectivity index (χ2v) is 8.04. The molecule has 1 amide bonds. The number of nitrogens with zero attached hydrogens (tertiary/aromatic N) is 3. The molecule has 0 spiro atoms. The van der Waals surface area contributed by atoms with Gasteiger partial charge in [0.2, 0.25) is 5.91 Å². The molecule has 152 valence electrons. The Morgan fingerprint density at radius 3 is 2.38 bits per heavy atom. The molecular formula is C22H26N4O2S. The zero-order valence-corrected chi connectivity index (χ0v) is 17.9. The number of ether oxygens (including phenoxy) is 1. The molecule has 0 fully saturated rings. The Morgan fingerprint density at radius 1 is 1.07 bits per heavy atom. The van der Waals surface area contributed by atoms with Crippen LogP contribution in [0.1, 0.15) is 20.8 Å². The molecule has 1 heterocycles. The van der Waals surface area contributed by atoms with Crippen molar-refractivity contribution in [1.82, 2.24) is 20.1 Å². The zero-order valence-electron chi connectivity index (χ0n) is 17.1. The minimum Gasteiger partial charge on any atom is -0.497 e. The van der Waals surface area contributed by atoms with E-state index in [1.165, 1.54) is 11.8 Å². The normalized spacial score (nSPS) is 12.0. The lowest BCUT2D eigenvalue weighted by molar-refractivity contribution is -0.119. The first-order valence-electron chi connectivity index (χ1n) is 9.57. The molecule has 3 rings (SSSR count). The minimum absolute atomic E-state index is 0.0123. The van der Waals surface area contributed by atoms with Gasteiger partial charge in [-0.2, -0.15) is 0 Å². The number of thioether (sulfide) groups is 1. The Labute approximate surface area is 175 Å². The first-order valence-corrected chi connectivity index (χ1v) is 10.6. The van der Waals surface area contributed by atoms with Crippen LogP contribution >= 0.6 is 11.8 Å². The van der Waals surface area contributed by atoms with Gasteiger partial charge in [0, 0.05) is 17.3 Å². The predicted molar refractivity (Wildman–Crippen MR) is 117 cm³/mol. The van der Waals surface area contributed by atoms with Gasteiger partial charge >= 0.3 is 0 Å². The van der Waals surface area contributed by atoms with Crippen LogP contribution in [-0.4, -0.2) is 39.6 Å². The summed E-state index contributed by atoms with van der Waals surface area (Å²) >= 11 is 1.38. The van der Waals surface area contributed by atoms with Gasteiger partial charge in [-0.1, -0.05) is 55.9 Å². The van der Waals surface area contributed by atoms with Gasteiger partial charge in [-0.05, 0) is 37.1 Å². The summed E-state index contributed by atoms with van der Waals surface area (Å²) in [5.41, 5.74) is 1.87.